The predicted molar refractivity (Wildman–Crippen MR) is 86.4 cm³/mol. The van der Waals surface area contributed by atoms with Gasteiger partial charge in [-0.15, -0.1) is 0 Å². The van der Waals surface area contributed by atoms with Crippen molar-refractivity contribution in [3.63, 3.8) is 0 Å². The number of aromatic nitrogens is 2. The van der Waals surface area contributed by atoms with Crippen molar-refractivity contribution in [2.45, 2.75) is 84.1 Å². The largest absolute Gasteiger partial charge is 0.299 e. The maximum absolute atomic E-state index is 12.4. The smallest absolute Gasteiger partial charge is 0.141 e. The van der Waals surface area contributed by atoms with Crippen LogP contribution in [0.25, 0.3) is 0 Å². The topological polar surface area (TPSA) is 34.9 Å². The summed E-state index contributed by atoms with van der Waals surface area (Å²) < 4.78 is 2.11. The number of nitrogens with zero attached hydrogens (tertiary/aromatic N) is 2. The maximum atomic E-state index is 12.4. The minimum atomic E-state index is 0.227. The Morgan fingerprint density at radius 2 is 2.10 bits per heavy atom. The third-order valence-corrected chi connectivity index (χ3v) is 4.82. The van der Waals surface area contributed by atoms with Gasteiger partial charge in [-0.2, -0.15) is 5.10 Å². The summed E-state index contributed by atoms with van der Waals surface area (Å²) in [4.78, 5) is 12.4. The summed E-state index contributed by atoms with van der Waals surface area (Å²) in [6.45, 7) is 4.31. The van der Waals surface area contributed by atoms with Crippen molar-refractivity contribution in [1.29, 1.82) is 0 Å². The molecule has 2 rings (SSSR count). The lowest BCUT2D eigenvalue weighted by molar-refractivity contribution is -0.122. The van der Waals surface area contributed by atoms with Gasteiger partial charge in [-0.3, -0.25) is 9.48 Å². The van der Waals surface area contributed by atoms with E-state index in [2.05, 4.69) is 29.8 Å². The SMILES string of the molecule is CCCCC(CC)C(=O)Cc1ccn(C2CCCCC2)n1. The lowest BCUT2D eigenvalue weighted by Gasteiger charge is -2.21. The molecule has 0 amide bonds. The van der Waals surface area contributed by atoms with E-state index >= 15 is 0 Å². The fourth-order valence-electron chi connectivity index (χ4n) is 3.39. The second-order valence-electron chi connectivity index (χ2n) is 6.47. The molecule has 3 nitrogen and oxygen atoms in total. The highest BCUT2D eigenvalue weighted by molar-refractivity contribution is 5.82. The standard InChI is InChI=1S/C18H30N2O/c1-3-5-9-15(4-2)18(21)14-16-12-13-20(19-16)17-10-7-6-8-11-17/h12-13,15,17H,3-11,14H2,1-2H3. The van der Waals surface area contributed by atoms with E-state index in [0.717, 1.165) is 25.0 Å². The monoisotopic (exact) mass is 290 g/mol. The Bertz CT molecular complexity index is 432. The molecule has 1 atom stereocenters. The van der Waals surface area contributed by atoms with Gasteiger partial charge in [0.25, 0.3) is 0 Å². The Morgan fingerprint density at radius 3 is 2.76 bits per heavy atom. The summed E-state index contributed by atoms with van der Waals surface area (Å²) in [5.41, 5.74) is 0.959. The summed E-state index contributed by atoms with van der Waals surface area (Å²) in [5, 5.41) is 4.67. The average molecular weight is 290 g/mol. The molecule has 1 aliphatic rings. The van der Waals surface area contributed by atoms with Crippen LogP contribution in [0.5, 0.6) is 0 Å². The van der Waals surface area contributed by atoms with E-state index in [1.54, 1.807) is 0 Å². The van der Waals surface area contributed by atoms with Gasteiger partial charge >= 0.3 is 0 Å². The van der Waals surface area contributed by atoms with Gasteiger partial charge in [-0.1, -0.05) is 46.0 Å². The van der Waals surface area contributed by atoms with Crippen molar-refractivity contribution in [2.24, 2.45) is 5.92 Å². The average Bonchev–Trinajstić information content (AvgIpc) is 2.97. The van der Waals surface area contributed by atoms with Gasteiger partial charge in [0.1, 0.15) is 5.78 Å². The van der Waals surface area contributed by atoms with Crippen molar-refractivity contribution >= 4 is 5.78 Å². The van der Waals surface area contributed by atoms with E-state index < -0.39 is 0 Å². The molecular weight excluding hydrogens is 260 g/mol. The Kier molecular flexibility index (Phi) is 6.47. The Balaban J connectivity index is 1.90. The molecule has 21 heavy (non-hydrogen) atoms. The molecule has 1 saturated carbocycles. The highest BCUT2D eigenvalue weighted by Crippen LogP contribution is 2.27. The molecular formula is C18H30N2O. The summed E-state index contributed by atoms with van der Waals surface area (Å²) in [6, 6.07) is 2.60. The number of carbonyl (C=O) groups is 1. The molecule has 1 aromatic rings. The van der Waals surface area contributed by atoms with Crippen LogP contribution in [0.4, 0.5) is 0 Å². The van der Waals surface area contributed by atoms with Crippen LogP contribution in [-0.4, -0.2) is 15.6 Å². The lowest BCUT2D eigenvalue weighted by atomic mass is 9.92. The van der Waals surface area contributed by atoms with Crippen LogP contribution in [-0.2, 0) is 11.2 Å². The first-order valence-electron chi connectivity index (χ1n) is 8.81. The zero-order chi connectivity index (χ0) is 15.1. The molecule has 0 aliphatic heterocycles. The third-order valence-electron chi connectivity index (χ3n) is 4.82. The van der Waals surface area contributed by atoms with E-state index in [1.165, 1.54) is 38.5 Å². The quantitative estimate of drug-likeness (QED) is 0.694. The van der Waals surface area contributed by atoms with E-state index in [-0.39, 0.29) is 5.92 Å². The molecule has 0 N–H and O–H groups in total. The van der Waals surface area contributed by atoms with Crippen molar-refractivity contribution < 1.29 is 4.79 Å². The van der Waals surface area contributed by atoms with Crippen molar-refractivity contribution in [3.05, 3.63) is 18.0 Å². The molecule has 3 heteroatoms. The molecule has 1 fully saturated rings. The van der Waals surface area contributed by atoms with E-state index in [0.29, 0.717) is 18.2 Å². The Morgan fingerprint density at radius 1 is 1.33 bits per heavy atom. The van der Waals surface area contributed by atoms with Crippen LogP contribution in [0.3, 0.4) is 0 Å². The van der Waals surface area contributed by atoms with Crippen molar-refractivity contribution in [2.75, 3.05) is 0 Å². The van der Waals surface area contributed by atoms with Crippen molar-refractivity contribution in [3.8, 4) is 0 Å². The first-order valence-corrected chi connectivity index (χ1v) is 8.81. The van der Waals surface area contributed by atoms with Crippen LogP contribution in [0, 0.1) is 5.92 Å². The molecule has 0 bridgehead atoms. The summed E-state index contributed by atoms with van der Waals surface area (Å²) >= 11 is 0. The molecule has 0 radical (unpaired) electrons. The zero-order valence-corrected chi connectivity index (χ0v) is 13.7. The van der Waals surface area contributed by atoms with Gasteiger partial charge in [0.15, 0.2) is 0 Å². The van der Waals surface area contributed by atoms with E-state index in [9.17, 15) is 4.79 Å². The van der Waals surface area contributed by atoms with Gasteiger partial charge in [0.2, 0.25) is 0 Å². The molecule has 0 spiro atoms. The number of Topliss-reactive ketones (excluding diaryl/α,β-unsaturated/α-hetero) is 1. The van der Waals surface area contributed by atoms with Gasteiger partial charge in [-0.05, 0) is 31.7 Å². The highest BCUT2D eigenvalue weighted by Gasteiger charge is 2.19. The Hall–Kier alpha value is -1.12. The number of unbranched alkanes of at least 4 members (excludes halogenated alkanes) is 1. The molecule has 1 aromatic heterocycles. The van der Waals surface area contributed by atoms with Crippen LogP contribution >= 0.6 is 0 Å². The van der Waals surface area contributed by atoms with Crippen LogP contribution < -0.4 is 0 Å². The minimum absolute atomic E-state index is 0.227. The fraction of sp³-hybridized carbons (Fsp3) is 0.778. The van der Waals surface area contributed by atoms with Crippen molar-refractivity contribution in [1.82, 2.24) is 9.78 Å². The molecule has 0 saturated heterocycles. The second kappa shape index (κ2) is 8.35. The minimum Gasteiger partial charge on any atom is -0.299 e. The molecule has 1 aliphatic carbocycles. The number of rotatable bonds is 8. The maximum Gasteiger partial charge on any atom is 0.141 e. The van der Waals surface area contributed by atoms with E-state index in [4.69, 9.17) is 0 Å². The predicted octanol–water partition coefficient (Wildman–Crippen LogP) is 4.72. The number of hydrogen-bond acceptors (Lipinski definition) is 2. The first kappa shape index (κ1) is 16.3. The van der Waals surface area contributed by atoms with Gasteiger partial charge < -0.3 is 0 Å². The summed E-state index contributed by atoms with van der Waals surface area (Å²) in [5.74, 6) is 0.602. The molecule has 118 valence electrons. The second-order valence-corrected chi connectivity index (χ2v) is 6.47. The summed E-state index contributed by atoms with van der Waals surface area (Å²) in [6.07, 6.45) is 13.4. The van der Waals surface area contributed by atoms with Crippen LogP contribution in [0.1, 0.15) is 83.4 Å². The highest BCUT2D eigenvalue weighted by atomic mass is 16.1. The van der Waals surface area contributed by atoms with Crippen LogP contribution in [0.15, 0.2) is 12.3 Å². The number of carbonyl (C=O) groups excluding carboxylic acids is 1. The fourth-order valence-corrected chi connectivity index (χ4v) is 3.39. The van der Waals surface area contributed by atoms with E-state index in [1.807, 2.05) is 6.07 Å². The molecule has 1 heterocycles. The molecule has 0 aromatic carbocycles. The molecule has 1 unspecified atom stereocenters. The third kappa shape index (κ3) is 4.69. The van der Waals surface area contributed by atoms with Gasteiger partial charge in [0, 0.05) is 12.1 Å². The normalized spacial score (nSPS) is 17.8. The van der Waals surface area contributed by atoms with Gasteiger partial charge in [0.05, 0.1) is 18.2 Å². The first-order chi connectivity index (χ1) is 10.2. The zero-order valence-electron chi connectivity index (χ0n) is 13.7. The number of ketones is 1. The van der Waals surface area contributed by atoms with Gasteiger partial charge in [-0.25, -0.2) is 0 Å². The Labute approximate surface area is 129 Å². The number of hydrogen-bond donors (Lipinski definition) is 0. The lowest BCUT2D eigenvalue weighted by Crippen LogP contribution is -2.17. The van der Waals surface area contributed by atoms with Crippen LogP contribution in [0.2, 0.25) is 0 Å². The summed E-state index contributed by atoms with van der Waals surface area (Å²) in [7, 11) is 0.